The largest absolute Gasteiger partial charge is 0.443 e. The lowest BCUT2D eigenvalue weighted by Crippen LogP contribution is -2.40. The minimum Gasteiger partial charge on any atom is -0.443 e. The molecule has 0 fully saturated rings. The summed E-state index contributed by atoms with van der Waals surface area (Å²) < 4.78 is 84.8. The second kappa shape index (κ2) is 10.6. The van der Waals surface area contributed by atoms with Crippen LogP contribution in [0.5, 0.6) is 0 Å². The van der Waals surface area contributed by atoms with Crippen molar-refractivity contribution in [3.05, 3.63) is 78.0 Å². The summed E-state index contributed by atoms with van der Waals surface area (Å²) in [6.07, 6.45) is -3.06. The third-order valence-corrected chi connectivity index (χ3v) is 7.70. The molecule has 0 atom stereocenters. The molecule has 0 saturated heterocycles. The van der Waals surface area contributed by atoms with Gasteiger partial charge >= 0.3 is 6.18 Å². The maximum atomic E-state index is 13.5. The number of carbonyl (C=O) groups is 1. The Morgan fingerprint density at radius 1 is 1.03 bits per heavy atom. The van der Waals surface area contributed by atoms with Crippen molar-refractivity contribution in [1.82, 2.24) is 14.3 Å². The first-order valence-corrected chi connectivity index (χ1v) is 13.0. The number of hydrogen-bond donors (Lipinski definition) is 0. The molecule has 7 nitrogen and oxygen atoms in total. The molecule has 0 spiro atoms. The Balaban J connectivity index is 1.45. The van der Waals surface area contributed by atoms with Gasteiger partial charge in [0.1, 0.15) is 23.5 Å². The predicted octanol–water partition coefficient (Wildman–Crippen LogP) is 5.65. The molecule has 0 saturated carbocycles. The quantitative estimate of drug-likeness (QED) is 0.251. The molecule has 38 heavy (non-hydrogen) atoms. The first-order chi connectivity index (χ1) is 17.8. The van der Waals surface area contributed by atoms with Gasteiger partial charge in [0.2, 0.25) is 5.09 Å². The van der Waals surface area contributed by atoms with Crippen LogP contribution < -0.4 is 0 Å². The summed E-state index contributed by atoms with van der Waals surface area (Å²) in [4.78, 5) is 21.0. The van der Waals surface area contributed by atoms with Crippen molar-refractivity contribution in [3.8, 4) is 11.3 Å². The Labute approximate surface area is 216 Å². The van der Waals surface area contributed by atoms with E-state index in [0.29, 0.717) is 17.0 Å². The zero-order valence-electron chi connectivity index (χ0n) is 20.4. The van der Waals surface area contributed by atoms with Crippen LogP contribution in [0.1, 0.15) is 31.5 Å². The zero-order chi connectivity index (χ0) is 27.7. The van der Waals surface area contributed by atoms with Crippen LogP contribution in [0.15, 0.2) is 70.4 Å². The highest BCUT2D eigenvalue weighted by Gasteiger charge is 2.32. The maximum Gasteiger partial charge on any atom is 0.416 e. The van der Waals surface area contributed by atoms with Gasteiger partial charge in [-0.15, -0.1) is 0 Å². The lowest BCUT2D eigenvalue weighted by atomic mass is 10.1. The van der Waals surface area contributed by atoms with E-state index in [2.05, 4.69) is 9.97 Å². The standard InChI is InChI=1S/C26H23F4N3O4S/c1-16(2)33(38(35,36)25-12-18-11-20(27)7-10-24(18)37-25)14-22(34)9-8-21-13-23(32-15-31-21)17-3-5-19(6-4-17)26(28,29)30/h3-7,10-13,15-16H,8-9,14H2,1-2H3. The molecule has 200 valence electrons. The fourth-order valence-corrected chi connectivity index (χ4v) is 5.39. The Morgan fingerprint density at radius 3 is 2.39 bits per heavy atom. The lowest BCUT2D eigenvalue weighted by molar-refractivity contribution is -0.137. The second-order valence-corrected chi connectivity index (χ2v) is 10.7. The number of benzene rings is 2. The van der Waals surface area contributed by atoms with Gasteiger partial charge in [0.25, 0.3) is 10.0 Å². The fraction of sp³-hybridized carbons (Fsp3) is 0.269. The molecule has 2 heterocycles. The third-order valence-electron chi connectivity index (χ3n) is 5.82. The van der Waals surface area contributed by atoms with Gasteiger partial charge in [-0.3, -0.25) is 4.79 Å². The molecule has 0 aliphatic heterocycles. The predicted molar refractivity (Wildman–Crippen MR) is 131 cm³/mol. The number of fused-ring (bicyclic) bond motifs is 1. The van der Waals surface area contributed by atoms with Crippen LogP contribution >= 0.6 is 0 Å². The first-order valence-electron chi connectivity index (χ1n) is 11.6. The van der Waals surface area contributed by atoms with Gasteiger partial charge in [-0.25, -0.2) is 22.8 Å². The number of aromatic nitrogens is 2. The average molecular weight is 550 g/mol. The van der Waals surface area contributed by atoms with E-state index >= 15 is 0 Å². The van der Waals surface area contributed by atoms with Crippen LogP contribution in [0, 0.1) is 5.82 Å². The second-order valence-electron chi connectivity index (χ2n) is 8.90. The monoisotopic (exact) mass is 549 g/mol. The van der Waals surface area contributed by atoms with Crippen molar-refractivity contribution < 1.29 is 35.2 Å². The number of hydrogen-bond acceptors (Lipinski definition) is 6. The van der Waals surface area contributed by atoms with Crippen molar-refractivity contribution in [1.29, 1.82) is 0 Å². The fourth-order valence-electron chi connectivity index (χ4n) is 3.82. The zero-order valence-corrected chi connectivity index (χ0v) is 21.2. The molecule has 0 radical (unpaired) electrons. The minimum absolute atomic E-state index is 0.0342. The van der Waals surface area contributed by atoms with Crippen LogP contribution in [-0.4, -0.2) is 41.1 Å². The van der Waals surface area contributed by atoms with E-state index in [9.17, 15) is 30.8 Å². The van der Waals surface area contributed by atoms with Gasteiger partial charge in [0, 0.05) is 35.2 Å². The molecular formula is C26H23F4N3O4S. The summed E-state index contributed by atoms with van der Waals surface area (Å²) in [7, 11) is -4.19. The molecule has 12 heteroatoms. The molecule has 2 aromatic carbocycles. The SMILES string of the molecule is CC(C)N(CC(=O)CCc1cc(-c2ccc(C(F)(F)F)cc2)ncn1)S(=O)(=O)c1cc2cc(F)ccc2o1. The van der Waals surface area contributed by atoms with Crippen molar-refractivity contribution in [2.45, 2.75) is 44.0 Å². The molecule has 0 amide bonds. The Morgan fingerprint density at radius 2 is 1.74 bits per heavy atom. The number of Topliss-reactive ketones (excluding diaryl/α,β-unsaturated/α-hetero) is 1. The van der Waals surface area contributed by atoms with Gasteiger partial charge in [-0.2, -0.15) is 17.5 Å². The number of nitrogens with zero attached hydrogens (tertiary/aromatic N) is 3. The van der Waals surface area contributed by atoms with Gasteiger partial charge in [0.15, 0.2) is 0 Å². The highest BCUT2D eigenvalue weighted by Crippen LogP contribution is 2.31. The number of carbonyl (C=O) groups excluding carboxylic acids is 1. The molecule has 2 aromatic heterocycles. The van der Waals surface area contributed by atoms with Crippen LogP contribution in [0.25, 0.3) is 22.2 Å². The van der Waals surface area contributed by atoms with Gasteiger partial charge in [0.05, 0.1) is 17.8 Å². The molecule has 0 unspecified atom stereocenters. The molecule has 4 aromatic rings. The summed E-state index contributed by atoms with van der Waals surface area (Å²) in [6.45, 7) is 2.82. The van der Waals surface area contributed by atoms with Crippen molar-refractivity contribution >= 4 is 26.8 Å². The number of ketones is 1. The van der Waals surface area contributed by atoms with Crippen LogP contribution in [0.2, 0.25) is 0 Å². The first kappa shape index (κ1) is 27.4. The van der Waals surface area contributed by atoms with Crippen molar-refractivity contribution in [3.63, 3.8) is 0 Å². The minimum atomic E-state index is -4.45. The summed E-state index contributed by atoms with van der Waals surface area (Å²) >= 11 is 0. The molecule has 0 N–H and O–H groups in total. The van der Waals surface area contributed by atoms with E-state index in [0.717, 1.165) is 28.6 Å². The highest BCUT2D eigenvalue weighted by molar-refractivity contribution is 7.89. The van der Waals surface area contributed by atoms with Crippen molar-refractivity contribution in [2.24, 2.45) is 0 Å². The van der Waals surface area contributed by atoms with Crippen molar-refractivity contribution in [2.75, 3.05) is 6.54 Å². The molecule has 4 rings (SSSR count). The van der Waals surface area contributed by atoms with E-state index in [4.69, 9.17) is 4.42 Å². The van der Waals surface area contributed by atoms with Crippen LogP contribution in [0.4, 0.5) is 17.6 Å². The molecular weight excluding hydrogens is 526 g/mol. The smallest absolute Gasteiger partial charge is 0.416 e. The van der Waals surface area contributed by atoms with Gasteiger partial charge in [-0.05, 0) is 56.7 Å². The van der Waals surface area contributed by atoms with Crippen LogP contribution in [0.3, 0.4) is 0 Å². The summed E-state index contributed by atoms with van der Waals surface area (Å²) in [5, 5.41) is -0.109. The van der Waals surface area contributed by atoms with Crippen LogP contribution in [-0.2, 0) is 27.4 Å². The molecule has 0 aliphatic rings. The number of sulfonamides is 1. The maximum absolute atomic E-state index is 13.5. The Kier molecular flexibility index (Phi) is 7.65. The third kappa shape index (κ3) is 6.08. The summed E-state index contributed by atoms with van der Waals surface area (Å²) in [6, 6.07) is 10.4. The van der Waals surface area contributed by atoms with Gasteiger partial charge < -0.3 is 4.42 Å². The lowest BCUT2D eigenvalue weighted by Gasteiger charge is -2.23. The average Bonchev–Trinajstić information content (AvgIpc) is 3.30. The molecule has 0 bridgehead atoms. The normalized spacial score (nSPS) is 12.5. The van der Waals surface area contributed by atoms with E-state index in [1.807, 2.05) is 0 Å². The van der Waals surface area contributed by atoms with E-state index in [1.54, 1.807) is 19.9 Å². The number of halogens is 4. The topological polar surface area (TPSA) is 93.4 Å². The Hall–Kier alpha value is -3.64. The van der Waals surface area contributed by atoms with E-state index in [1.165, 1.54) is 30.6 Å². The number of furan rings is 1. The molecule has 0 aliphatic carbocycles. The number of aryl methyl sites for hydroxylation is 1. The number of rotatable bonds is 9. The van der Waals surface area contributed by atoms with E-state index in [-0.39, 0.29) is 29.6 Å². The van der Waals surface area contributed by atoms with E-state index < -0.39 is 45.3 Å². The summed E-state index contributed by atoms with van der Waals surface area (Å²) in [5.74, 6) is -0.913. The Bertz CT molecular complexity index is 1570. The van der Waals surface area contributed by atoms with Gasteiger partial charge in [-0.1, -0.05) is 12.1 Å². The highest BCUT2D eigenvalue weighted by atomic mass is 32.2. The number of alkyl halides is 3. The summed E-state index contributed by atoms with van der Waals surface area (Å²) in [5.41, 5.74) is 0.745.